The van der Waals surface area contributed by atoms with Crippen LogP contribution in [0.15, 0.2) is 30.3 Å². The molecule has 1 unspecified atom stereocenters. The Hall–Kier alpha value is -0.390. The standard InChI is InChI=1S/C14H22BrNO2S/c1-13(14-8-4-2-5-9-14)12-19(17,18)16-11-7-3-6-10-15/h2,4-5,8-9,13,16H,3,6-7,10-12H2,1H3. The van der Waals surface area contributed by atoms with E-state index in [2.05, 4.69) is 20.7 Å². The molecule has 1 N–H and O–H groups in total. The van der Waals surface area contributed by atoms with Crippen molar-refractivity contribution >= 4 is 26.0 Å². The first-order valence-corrected chi connectivity index (χ1v) is 9.41. The molecule has 0 aliphatic rings. The fraction of sp³-hybridized carbons (Fsp3) is 0.571. The molecule has 0 aliphatic carbocycles. The lowest BCUT2D eigenvalue weighted by molar-refractivity contribution is 0.571. The number of benzene rings is 1. The van der Waals surface area contributed by atoms with Crippen molar-refractivity contribution in [3.8, 4) is 0 Å². The van der Waals surface area contributed by atoms with E-state index in [1.165, 1.54) is 0 Å². The van der Waals surface area contributed by atoms with Crippen molar-refractivity contribution in [1.29, 1.82) is 0 Å². The third-order valence-electron chi connectivity index (χ3n) is 2.97. The summed E-state index contributed by atoms with van der Waals surface area (Å²) < 4.78 is 26.5. The van der Waals surface area contributed by atoms with Gasteiger partial charge in [-0.3, -0.25) is 0 Å². The zero-order valence-corrected chi connectivity index (χ0v) is 13.7. The van der Waals surface area contributed by atoms with Gasteiger partial charge in [-0.15, -0.1) is 0 Å². The average molecular weight is 348 g/mol. The van der Waals surface area contributed by atoms with Crippen LogP contribution in [0.25, 0.3) is 0 Å². The predicted molar refractivity (Wildman–Crippen MR) is 84.3 cm³/mol. The molecule has 5 heteroatoms. The first-order chi connectivity index (χ1) is 9.05. The van der Waals surface area contributed by atoms with E-state index >= 15 is 0 Å². The van der Waals surface area contributed by atoms with Crippen LogP contribution in [0.5, 0.6) is 0 Å². The zero-order chi connectivity index (χ0) is 14.1. The molecule has 0 fully saturated rings. The fourth-order valence-electron chi connectivity index (χ4n) is 1.89. The molecule has 108 valence electrons. The predicted octanol–water partition coefficient (Wildman–Crippen LogP) is 3.27. The third kappa shape index (κ3) is 7.09. The maximum Gasteiger partial charge on any atom is 0.212 e. The Bertz CT molecular complexity index is 448. The summed E-state index contributed by atoms with van der Waals surface area (Å²) in [6.45, 7) is 2.48. The molecule has 0 aromatic heterocycles. The number of sulfonamides is 1. The quantitative estimate of drug-likeness (QED) is 0.550. The molecule has 1 aromatic rings. The Balaban J connectivity index is 2.38. The minimum atomic E-state index is -3.18. The van der Waals surface area contributed by atoms with Gasteiger partial charge in [0.05, 0.1) is 5.75 Å². The van der Waals surface area contributed by atoms with Crippen LogP contribution in [-0.4, -0.2) is 26.0 Å². The summed E-state index contributed by atoms with van der Waals surface area (Å²) in [5.74, 6) is 0.163. The van der Waals surface area contributed by atoms with Crippen LogP contribution in [0.1, 0.15) is 37.7 Å². The summed E-state index contributed by atoms with van der Waals surface area (Å²) in [6.07, 6.45) is 3.02. The summed E-state index contributed by atoms with van der Waals surface area (Å²) in [6, 6.07) is 9.75. The molecule has 0 saturated heterocycles. The number of hydrogen-bond acceptors (Lipinski definition) is 2. The number of hydrogen-bond donors (Lipinski definition) is 1. The summed E-state index contributed by atoms with van der Waals surface area (Å²) in [7, 11) is -3.18. The minimum Gasteiger partial charge on any atom is -0.215 e. The monoisotopic (exact) mass is 347 g/mol. The number of unbranched alkanes of at least 4 members (excludes halogenated alkanes) is 2. The number of nitrogens with one attached hydrogen (secondary N) is 1. The Morgan fingerprint density at radius 2 is 1.84 bits per heavy atom. The molecule has 19 heavy (non-hydrogen) atoms. The van der Waals surface area contributed by atoms with Gasteiger partial charge in [0.15, 0.2) is 0 Å². The van der Waals surface area contributed by atoms with Gasteiger partial charge >= 0.3 is 0 Å². The molecule has 0 bridgehead atoms. The van der Waals surface area contributed by atoms with Crippen molar-refractivity contribution in [1.82, 2.24) is 4.72 Å². The Morgan fingerprint density at radius 3 is 2.47 bits per heavy atom. The molecule has 0 aliphatic heterocycles. The van der Waals surface area contributed by atoms with Crippen LogP contribution >= 0.6 is 15.9 Å². The first kappa shape index (κ1) is 16.7. The van der Waals surface area contributed by atoms with Crippen LogP contribution in [0, 0.1) is 0 Å². The zero-order valence-electron chi connectivity index (χ0n) is 11.3. The van der Waals surface area contributed by atoms with E-state index in [9.17, 15) is 8.42 Å². The third-order valence-corrected chi connectivity index (χ3v) is 5.11. The lowest BCUT2D eigenvalue weighted by Crippen LogP contribution is -2.29. The highest BCUT2D eigenvalue weighted by Crippen LogP contribution is 2.16. The van der Waals surface area contributed by atoms with Gasteiger partial charge in [0.1, 0.15) is 0 Å². The van der Waals surface area contributed by atoms with Crippen molar-refractivity contribution < 1.29 is 8.42 Å². The second-order valence-corrected chi connectivity index (χ2v) is 7.38. The lowest BCUT2D eigenvalue weighted by atomic mass is 10.0. The molecular formula is C14H22BrNO2S. The van der Waals surface area contributed by atoms with E-state index in [1.807, 2.05) is 37.3 Å². The van der Waals surface area contributed by atoms with Crippen LogP contribution in [0.3, 0.4) is 0 Å². The number of alkyl halides is 1. The van der Waals surface area contributed by atoms with Crippen molar-refractivity contribution in [2.24, 2.45) is 0 Å². The fourth-order valence-corrected chi connectivity index (χ4v) is 3.71. The van der Waals surface area contributed by atoms with Crippen molar-refractivity contribution in [2.75, 3.05) is 17.6 Å². The molecular weight excluding hydrogens is 326 g/mol. The summed E-state index contributed by atoms with van der Waals surface area (Å²) in [5.41, 5.74) is 1.06. The lowest BCUT2D eigenvalue weighted by Gasteiger charge is -2.13. The number of rotatable bonds is 9. The smallest absolute Gasteiger partial charge is 0.212 e. The van der Waals surface area contributed by atoms with E-state index < -0.39 is 10.0 Å². The Kier molecular flexibility index (Phi) is 7.64. The second kappa shape index (κ2) is 8.72. The Labute approximate surface area is 125 Å². The van der Waals surface area contributed by atoms with Crippen LogP contribution in [0.2, 0.25) is 0 Å². The first-order valence-electron chi connectivity index (χ1n) is 6.63. The molecule has 0 radical (unpaired) electrons. The van der Waals surface area contributed by atoms with Gasteiger partial charge in [-0.05, 0) is 24.3 Å². The largest absolute Gasteiger partial charge is 0.215 e. The van der Waals surface area contributed by atoms with Gasteiger partial charge in [-0.25, -0.2) is 13.1 Å². The summed E-state index contributed by atoms with van der Waals surface area (Å²) in [5, 5.41) is 0.977. The van der Waals surface area contributed by atoms with E-state index in [0.29, 0.717) is 6.54 Å². The molecule has 1 aromatic carbocycles. The Morgan fingerprint density at radius 1 is 1.16 bits per heavy atom. The average Bonchev–Trinajstić information content (AvgIpc) is 2.39. The van der Waals surface area contributed by atoms with Gasteiger partial charge < -0.3 is 0 Å². The molecule has 0 amide bonds. The van der Waals surface area contributed by atoms with E-state index in [1.54, 1.807) is 0 Å². The number of halogens is 1. The highest BCUT2D eigenvalue weighted by atomic mass is 79.9. The highest BCUT2D eigenvalue weighted by Gasteiger charge is 2.16. The highest BCUT2D eigenvalue weighted by molar-refractivity contribution is 9.09. The van der Waals surface area contributed by atoms with Crippen molar-refractivity contribution in [3.63, 3.8) is 0 Å². The van der Waals surface area contributed by atoms with Crippen LogP contribution < -0.4 is 4.72 Å². The summed E-state index contributed by atoms with van der Waals surface area (Å²) in [4.78, 5) is 0. The molecule has 0 saturated carbocycles. The minimum absolute atomic E-state index is 0.0150. The maximum atomic E-state index is 11.9. The van der Waals surface area contributed by atoms with Gasteiger partial charge in [0.2, 0.25) is 10.0 Å². The normalized spacial score (nSPS) is 13.4. The summed E-state index contributed by atoms with van der Waals surface area (Å²) >= 11 is 3.36. The van der Waals surface area contributed by atoms with Gasteiger partial charge in [-0.2, -0.15) is 0 Å². The van der Waals surface area contributed by atoms with Crippen LogP contribution in [-0.2, 0) is 10.0 Å². The topological polar surface area (TPSA) is 46.2 Å². The van der Waals surface area contributed by atoms with Crippen molar-refractivity contribution in [3.05, 3.63) is 35.9 Å². The van der Waals surface area contributed by atoms with Crippen LogP contribution in [0.4, 0.5) is 0 Å². The molecule has 1 rings (SSSR count). The SMILES string of the molecule is CC(CS(=O)(=O)NCCCCCBr)c1ccccc1. The van der Waals surface area contributed by atoms with E-state index in [-0.39, 0.29) is 11.7 Å². The molecule has 0 spiro atoms. The van der Waals surface area contributed by atoms with Gasteiger partial charge in [0.25, 0.3) is 0 Å². The molecule has 0 heterocycles. The maximum absolute atomic E-state index is 11.9. The van der Waals surface area contributed by atoms with Crippen molar-refractivity contribution in [2.45, 2.75) is 32.1 Å². The molecule has 1 atom stereocenters. The van der Waals surface area contributed by atoms with E-state index in [4.69, 9.17) is 0 Å². The second-order valence-electron chi connectivity index (χ2n) is 4.74. The molecule has 3 nitrogen and oxygen atoms in total. The van der Waals surface area contributed by atoms with Gasteiger partial charge in [0, 0.05) is 11.9 Å². The van der Waals surface area contributed by atoms with E-state index in [0.717, 1.165) is 30.2 Å². The van der Waals surface area contributed by atoms with Gasteiger partial charge in [-0.1, -0.05) is 59.6 Å².